The van der Waals surface area contributed by atoms with Gasteiger partial charge in [-0.1, -0.05) is 15.9 Å². The highest BCUT2D eigenvalue weighted by Gasteiger charge is 2.29. The molecule has 4 heteroatoms. The zero-order valence-electron chi connectivity index (χ0n) is 11.1. The summed E-state index contributed by atoms with van der Waals surface area (Å²) in [5, 5.41) is 3.42. The number of benzene rings is 1. The molecule has 0 radical (unpaired) electrons. The van der Waals surface area contributed by atoms with Crippen LogP contribution in [0.25, 0.3) is 0 Å². The molecule has 3 nitrogen and oxygen atoms in total. The molecule has 1 saturated heterocycles. The lowest BCUT2D eigenvalue weighted by atomic mass is 10.0. The standard InChI is InChI=1S/C14H19BrN2O/c1-10-8-11(15)4-5-12(10)13(18)17-7-6-16-14(2,3)9-17/h4-5,8,16H,6-7,9H2,1-3H3. The van der Waals surface area contributed by atoms with Gasteiger partial charge in [0.1, 0.15) is 0 Å². The summed E-state index contributed by atoms with van der Waals surface area (Å²) in [4.78, 5) is 14.4. The van der Waals surface area contributed by atoms with Gasteiger partial charge < -0.3 is 10.2 Å². The van der Waals surface area contributed by atoms with E-state index in [0.29, 0.717) is 0 Å². The first-order chi connectivity index (χ1) is 8.39. The minimum atomic E-state index is -0.00280. The van der Waals surface area contributed by atoms with E-state index in [1.54, 1.807) is 0 Å². The summed E-state index contributed by atoms with van der Waals surface area (Å²) >= 11 is 3.42. The Balaban J connectivity index is 2.20. The van der Waals surface area contributed by atoms with Gasteiger partial charge >= 0.3 is 0 Å². The molecule has 18 heavy (non-hydrogen) atoms. The van der Waals surface area contributed by atoms with Crippen LogP contribution < -0.4 is 5.32 Å². The molecule has 0 saturated carbocycles. The van der Waals surface area contributed by atoms with Crippen molar-refractivity contribution in [3.63, 3.8) is 0 Å². The predicted molar refractivity (Wildman–Crippen MR) is 76.9 cm³/mol. The van der Waals surface area contributed by atoms with E-state index in [2.05, 4.69) is 35.1 Å². The molecule has 1 amide bonds. The third kappa shape index (κ3) is 2.93. The normalized spacial score (nSPS) is 18.8. The topological polar surface area (TPSA) is 32.3 Å². The van der Waals surface area contributed by atoms with Gasteiger partial charge in [0.05, 0.1) is 0 Å². The summed E-state index contributed by atoms with van der Waals surface area (Å²) in [5.41, 5.74) is 1.82. The number of carbonyl (C=O) groups excluding carboxylic acids is 1. The van der Waals surface area contributed by atoms with Crippen LogP contribution in [0.3, 0.4) is 0 Å². The van der Waals surface area contributed by atoms with E-state index in [4.69, 9.17) is 0 Å². The van der Waals surface area contributed by atoms with Crippen molar-refractivity contribution in [2.45, 2.75) is 26.3 Å². The van der Waals surface area contributed by atoms with E-state index < -0.39 is 0 Å². The Morgan fingerprint density at radius 3 is 2.78 bits per heavy atom. The predicted octanol–water partition coefficient (Wildman–Crippen LogP) is 2.58. The second-order valence-corrected chi connectivity index (χ2v) is 6.41. The zero-order chi connectivity index (χ0) is 13.3. The fraction of sp³-hybridized carbons (Fsp3) is 0.500. The molecule has 1 aliphatic rings. The largest absolute Gasteiger partial charge is 0.336 e. The molecule has 1 aromatic rings. The molecular formula is C14H19BrN2O. The van der Waals surface area contributed by atoms with Crippen LogP contribution in [0.2, 0.25) is 0 Å². The van der Waals surface area contributed by atoms with Crippen molar-refractivity contribution in [3.8, 4) is 0 Å². The molecule has 1 N–H and O–H groups in total. The second kappa shape index (κ2) is 5.02. The van der Waals surface area contributed by atoms with E-state index in [9.17, 15) is 4.79 Å². The third-order valence-electron chi connectivity index (χ3n) is 3.28. The molecule has 1 aromatic carbocycles. The summed E-state index contributed by atoms with van der Waals surface area (Å²) < 4.78 is 1.01. The molecule has 1 heterocycles. The molecule has 0 spiro atoms. The maximum atomic E-state index is 12.5. The van der Waals surface area contributed by atoms with Crippen LogP contribution in [0.5, 0.6) is 0 Å². The number of piperazine rings is 1. The number of rotatable bonds is 1. The molecule has 0 unspecified atom stereocenters. The van der Waals surface area contributed by atoms with Gasteiger partial charge in [-0.3, -0.25) is 4.79 Å². The van der Waals surface area contributed by atoms with Crippen molar-refractivity contribution < 1.29 is 4.79 Å². The average Bonchev–Trinajstić information content (AvgIpc) is 2.27. The van der Waals surface area contributed by atoms with Gasteiger partial charge in [-0.2, -0.15) is 0 Å². The van der Waals surface area contributed by atoms with Crippen molar-refractivity contribution in [1.29, 1.82) is 0 Å². The van der Waals surface area contributed by atoms with Crippen molar-refractivity contribution in [3.05, 3.63) is 33.8 Å². The summed E-state index contributed by atoms with van der Waals surface area (Å²) in [7, 11) is 0. The molecule has 1 aliphatic heterocycles. The Bertz CT molecular complexity index is 471. The van der Waals surface area contributed by atoms with E-state index in [0.717, 1.165) is 35.2 Å². The van der Waals surface area contributed by atoms with E-state index >= 15 is 0 Å². The quantitative estimate of drug-likeness (QED) is 0.864. The lowest BCUT2D eigenvalue weighted by Crippen LogP contribution is -2.58. The first-order valence-electron chi connectivity index (χ1n) is 6.19. The third-order valence-corrected chi connectivity index (χ3v) is 3.77. The van der Waals surface area contributed by atoms with E-state index in [1.807, 2.05) is 30.0 Å². The molecular weight excluding hydrogens is 292 g/mol. The van der Waals surface area contributed by atoms with Crippen molar-refractivity contribution in [2.75, 3.05) is 19.6 Å². The summed E-state index contributed by atoms with van der Waals surface area (Å²) in [6.07, 6.45) is 0. The Hall–Kier alpha value is -0.870. The van der Waals surface area contributed by atoms with Gasteiger partial charge in [-0.15, -0.1) is 0 Å². The maximum Gasteiger partial charge on any atom is 0.254 e. The second-order valence-electron chi connectivity index (χ2n) is 5.50. The molecule has 0 atom stereocenters. The van der Waals surface area contributed by atoms with Gasteiger partial charge in [0.2, 0.25) is 0 Å². The van der Waals surface area contributed by atoms with Crippen LogP contribution in [-0.4, -0.2) is 36.0 Å². The summed E-state index contributed by atoms with van der Waals surface area (Å²) in [6, 6.07) is 5.81. The smallest absolute Gasteiger partial charge is 0.254 e. The van der Waals surface area contributed by atoms with Crippen LogP contribution in [0.15, 0.2) is 22.7 Å². The summed E-state index contributed by atoms with van der Waals surface area (Å²) in [6.45, 7) is 8.61. The number of nitrogens with zero attached hydrogens (tertiary/aromatic N) is 1. The Labute approximate surface area is 117 Å². The Morgan fingerprint density at radius 2 is 2.17 bits per heavy atom. The fourth-order valence-electron chi connectivity index (χ4n) is 2.35. The number of aryl methyl sites for hydroxylation is 1. The minimum absolute atomic E-state index is 0.00280. The van der Waals surface area contributed by atoms with Crippen LogP contribution in [0, 0.1) is 6.92 Å². The first-order valence-corrected chi connectivity index (χ1v) is 6.99. The minimum Gasteiger partial charge on any atom is -0.336 e. The average molecular weight is 311 g/mol. The molecule has 0 bridgehead atoms. The van der Waals surface area contributed by atoms with Crippen molar-refractivity contribution >= 4 is 21.8 Å². The number of carbonyl (C=O) groups is 1. The maximum absolute atomic E-state index is 12.5. The van der Waals surface area contributed by atoms with E-state index in [-0.39, 0.29) is 11.4 Å². The molecule has 1 fully saturated rings. The Morgan fingerprint density at radius 1 is 1.44 bits per heavy atom. The number of hydrogen-bond acceptors (Lipinski definition) is 2. The number of nitrogens with one attached hydrogen (secondary N) is 1. The number of hydrogen-bond donors (Lipinski definition) is 1. The number of amides is 1. The van der Waals surface area contributed by atoms with Crippen LogP contribution in [0.4, 0.5) is 0 Å². The van der Waals surface area contributed by atoms with E-state index in [1.165, 1.54) is 0 Å². The van der Waals surface area contributed by atoms with Crippen molar-refractivity contribution in [1.82, 2.24) is 10.2 Å². The highest BCUT2D eigenvalue weighted by atomic mass is 79.9. The molecule has 0 aromatic heterocycles. The molecule has 2 rings (SSSR count). The molecule has 0 aliphatic carbocycles. The lowest BCUT2D eigenvalue weighted by Gasteiger charge is -2.39. The van der Waals surface area contributed by atoms with Crippen LogP contribution >= 0.6 is 15.9 Å². The monoisotopic (exact) mass is 310 g/mol. The first kappa shape index (κ1) is 13.6. The van der Waals surface area contributed by atoms with Crippen LogP contribution in [0.1, 0.15) is 29.8 Å². The van der Waals surface area contributed by atoms with Gasteiger partial charge in [0.15, 0.2) is 0 Å². The highest BCUT2D eigenvalue weighted by Crippen LogP contribution is 2.19. The van der Waals surface area contributed by atoms with Gasteiger partial charge in [0.25, 0.3) is 5.91 Å². The SMILES string of the molecule is Cc1cc(Br)ccc1C(=O)N1CCNC(C)(C)C1. The van der Waals surface area contributed by atoms with Crippen molar-refractivity contribution in [2.24, 2.45) is 0 Å². The Kier molecular flexibility index (Phi) is 3.78. The van der Waals surface area contributed by atoms with Gasteiger partial charge in [-0.05, 0) is 44.5 Å². The fourth-order valence-corrected chi connectivity index (χ4v) is 2.83. The molecule has 98 valence electrons. The lowest BCUT2D eigenvalue weighted by molar-refractivity contribution is 0.0651. The number of halogens is 1. The van der Waals surface area contributed by atoms with Crippen LogP contribution in [-0.2, 0) is 0 Å². The van der Waals surface area contributed by atoms with Gasteiger partial charge in [0, 0.05) is 35.2 Å². The zero-order valence-corrected chi connectivity index (χ0v) is 12.7. The summed E-state index contributed by atoms with van der Waals surface area (Å²) in [5.74, 6) is 0.134. The highest BCUT2D eigenvalue weighted by molar-refractivity contribution is 9.10. The van der Waals surface area contributed by atoms with Gasteiger partial charge in [-0.25, -0.2) is 0 Å².